The minimum Gasteiger partial charge on any atom is -0.394 e. The van der Waals surface area contributed by atoms with Crippen LogP contribution in [0.1, 0.15) is 20.3 Å². The van der Waals surface area contributed by atoms with Gasteiger partial charge in [0.2, 0.25) is 11.5 Å². The van der Waals surface area contributed by atoms with Gasteiger partial charge >= 0.3 is 0 Å². The maximum absolute atomic E-state index is 12.2. The number of carbonyl (C=O) groups excluding carboxylic acids is 1. The highest BCUT2D eigenvalue weighted by Crippen LogP contribution is 2.27. The van der Waals surface area contributed by atoms with E-state index in [9.17, 15) is 15.0 Å². The van der Waals surface area contributed by atoms with Crippen LogP contribution in [0.3, 0.4) is 0 Å². The summed E-state index contributed by atoms with van der Waals surface area (Å²) < 4.78 is 1.62. The SMILES string of the molecule is CC(C)(CO)n1cc(Nc2nccc(N3CC[C@](O)(C#N)C3=O)n2)cn1. The van der Waals surface area contributed by atoms with Crippen LogP contribution >= 0.6 is 0 Å². The fourth-order valence-electron chi connectivity index (χ4n) is 2.51. The lowest BCUT2D eigenvalue weighted by Gasteiger charge is -2.21. The molecule has 3 heterocycles. The quantitative estimate of drug-likeness (QED) is 0.642. The summed E-state index contributed by atoms with van der Waals surface area (Å²) in [5.41, 5.74) is -1.94. The van der Waals surface area contributed by atoms with E-state index in [1.807, 2.05) is 13.8 Å². The minimum absolute atomic E-state index is 0.0259. The standard InChI is InChI=1S/C16H19N7O3/c1-15(2,10-24)23-8-11(7-19-23)20-14-18-5-3-12(21-14)22-6-4-16(26,9-17)13(22)25/h3,5,7-8,24,26H,4,6,10H2,1-2H3,(H,18,20,21)/t16-/m0/s1. The van der Waals surface area contributed by atoms with Crippen molar-refractivity contribution in [3.8, 4) is 6.07 Å². The molecular weight excluding hydrogens is 338 g/mol. The van der Waals surface area contributed by atoms with Gasteiger partial charge in [0, 0.05) is 25.4 Å². The fraction of sp³-hybridized carbons (Fsp3) is 0.438. The molecule has 0 radical (unpaired) electrons. The van der Waals surface area contributed by atoms with Crippen LogP contribution < -0.4 is 10.2 Å². The Bertz CT molecular complexity index is 873. The second-order valence-corrected chi connectivity index (χ2v) is 6.69. The van der Waals surface area contributed by atoms with Gasteiger partial charge in [0.15, 0.2) is 0 Å². The Balaban J connectivity index is 1.79. The van der Waals surface area contributed by atoms with E-state index in [0.717, 1.165) is 0 Å². The topological polar surface area (TPSA) is 140 Å². The number of carbonyl (C=O) groups is 1. The molecule has 0 spiro atoms. The molecule has 1 atom stereocenters. The molecule has 3 rings (SSSR count). The van der Waals surface area contributed by atoms with Crippen LogP contribution in [0.15, 0.2) is 24.7 Å². The molecule has 0 saturated carbocycles. The van der Waals surface area contributed by atoms with E-state index >= 15 is 0 Å². The lowest BCUT2D eigenvalue weighted by molar-refractivity contribution is -0.128. The van der Waals surface area contributed by atoms with Gasteiger partial charge in [0.25, 0.3) is 5.91 Å². The van der Waals surface area contributed by atoms with Gasteiger partial charge in [-0.2, -0.15) is 15.3 Å². The summed E-state index contributed by atoms with van der Waals surface area (Å²) in [6.45, 7) is 3.81. The average molecular weight is 357 g/mol. The average Bonchev–Trinajstić information content (AvgIpc) is 3.22. The van der Waals surface area contributed by atoms with Gasteiger partial charge in [-0.15, -0.1) is 0 Å². The lowest BCUT2D eigenvalue weighted by Crippen LogP contribution is -2.39. The van der Waals surface area contributed by atoms with E-state index < -0.39 is 17.0 Å². The minimum atomic E-state index is -2.00. The molecule has 1 fully saturated rings. The molecule has 1 amide bonds. The Morgan fingerprint density at radius 2 is 2.27 bits per heavy atom. The van der Waals surface area contributed by atoms with Crippen molar-refractivity contribution in [2.24, 2.45) is 0 Å². The predicted molar refractivity (Wildman–Crippen MR) is 91.5 cm³/mol. The number of nitriles is 1. The third-order valence-corrected chi connectivity index (χ3v) is 4.24. The van der Waals surface area contributed by atoms with E-state index in [0.29, 0.717) is 11.5 Å². The molecule has 2 aromatic heterocycles. The number of anilines is 3. The third kappa shape index (κ3) is 3.10. The molecular formula is C16H19N7O3. The lowest BCUT2D eigenvalue weighted by atomic mass is 10.1. The van der Waals surface area contributed by atoms with Gasteiger partial charge in [0.05, 0.1) is 24.0 Å². The number of aliphatic hydroxyl groups is 2. The zero-order valence-electron chi connectivity index (χ0n) is 14.4. The number of amides is 1. The molecule has 0 unspecified atom stereocenters. The summed E-state index contributed by atoms with van der Waals surface area (Å²) in [7, 11) is 0. The van der Waals surface area contributed by atoms with Crippen molar-refractivity contribution in [1.82, 2.24) is 19.7 Å². The van der Waals surface area contributed by atoms with E-state index in [1.165, 1.54) is 17.2 Å². The van der Waals surface area contributed by atoms with Crippen LogP contribution in [-0.2, 0) is 10.3 Å². The van der Waals surface area contributed by atoms with E-state index in [1.54, 1.807) is 23.1 Å². The van der Waals surface area contributed by atoms with Crippen molar-refractivity contribution in [2.75, 3.05) is 23.4 Å². The molecule has 1 aliphatic heterocycles. The number of aromatic nitrogens is 4. The van der Waals surface area contributed by atoms with Gasteiger partial charge in [-0.05, 0) is 19.9 Å². The van der Waals surface area contributed by atoms with Crippen LogP contribution in [0.4, 0.5) is 17.5 Å². The molecule has 1 aliphatic rings. The number of rotatable bonds is 5. The van der Waals surface area contributed by atoms with E-state index in [-0.39, 0.29) is 25.5 Å². The van der Waals surface area contributed by atoms with Gasteiger partial charge in [-0.25, -0.2) is 4.98 Å². The molecule has 10 heteroatoms. The van der Waals surface area contributed by atoms with Crippen molar-refractivity contribution in [3.05, 3.63) is 24.7 Å². The Morgan fingerprint density at radius 3 is 2.92 bits per heavy atom. The number of nitrogens with zero attached hydrogens (tertiary/aromatic N) is 6. The summed E-state index contributed by atoms with van der Waals surface area (Å²) >= 11 is 0. The maximum atomic E-state index is 12.2. The molecule has 3 N–H and O–H groups in total. The largest absolute Gasteiger partial charge is 0.394 e. The van der Waals surface area contributed by atoms with Crippen molar-refractivity contribution in [2.45, 2.75) is 31.4 Å². The second kappa shape index (κ2) is 6.36. The van der Waals surface area contributed by atoms with E-state index in [2.05, 4.69) is 20.4 Å². The van der Waals surface area contributed by atoms with Crippen molar-refractivity contribution >= 4 is 23.4 Å². The zero-order chi connectivity index (χ0) is 18.9. The molecule has 2 aromatic rings. The normalized spacial score (nSPS) is 20.3. The predicted octanol–water partition coefficient (Wildman–Crippen LogP) is 0.135. The molecule has 26 heavy (non-hydrogen) atoms. The summed E-state index contributed by atoms with van der Waals surface area (Å²) in [4.78, 5) is 21.8. The van der Waals surface area contributed by atoms with E-state index in [4.69, 9.17) is 5.26 Å². The van der Waals surface area contributed by atoms with Gasteiger partial charge in [-0.3, -0.25) is 14.4 Å². The first-order valence-electron chi connectivity index (χ1n) is 8.01. The molecule has 0 aliphatic carbocycles. The van der Waals surface area contributed by atoms with Crippen LogP contribution in [0.2, 0.25) is 0 Å². The van der Waals surface area contributed by atoms with Crippen LogP contribution in [-0.4, -0.2) is 54.6 Å². The van der Waals surface area contributed by atoms with Crippen molar-refractivity contribution in [3.63, 3.8) is 0 Å². The molecule has 0 aromatic carbocycles. The summed E-state index contributed by atoms with van der Waals surface area (Å²) in [6.07, 6.45) is 4.78. The smallest absolute Gasteiger partial charge is 0.275 e. The van der Waals surface area contributed by atoms with Gasteiger partial charge < -0.3 is 15.5 Å². The third-order valence-electron chi connectivity index (χ3n) is 4.24. The maximum Gasteiger partial charge on any atom is 0.275 e. The highest BCUT2D eigenvalue weighted by molar-refractivity contribution is 6.03. The van der Waals surface area contributed by atoms with Crippen molar-refractivity contribution < 1.29 is 15.0 Å². The first-order chi connectivity index (χ1) is 12.3. The Labute approximate surface area is 149 Å². The van der Waals surface area contributed by atoms with Crippen LogP contribution in [0.5, 0.6) is 0 Å². The Hall–Kier alpha value is -3.03. The highest BCUT2D eigenvalue weighted by Gasteiger charge is 2.46. The first kappa shape index (κ1) is 17.8. The second-order valence-electron chi connectivity index (χ2n) is 6.69. The fourth-order valence-corrected chi connectivity index (χ4v) is 2.51. The number of nitrogens with one attached hydrogen (secondary N) is 1. The highest BCUT2D eigenvalue weighted by atomic mass is 16.3. The van der Waals surface area contributed by atoms with Crippen LogP contribution in [0, 0.1) is 11.3 Å². The Morgan fingerprint density at radius 1 is 1.50 bits per heavy atom. The molecule has 10 nitrogen and oxygen atoms in total. The summed E-state index contributed by atoms with van der Waals surface area (Å²) in [5, 5.41) is 35.5. The van der Waals surface area contributed by atoms with Gasteiger partial charge in [-0.1, -0.05) is 0 Å². The molecule has 136 valence electrons. The number of aliphatic hydroxyl groups excluding tert-OH is 1. The zero-order valence-corrected chi connectivity index (χ0v) is 14.4. The summed E-state index contributed by atoms with van der Waals surface area (Å²) in [6, 6.07) is 3.17. The summed E-state index contributed by atoms with van der Waals surface area (Å²) in [5.74, 6) is -0.159. The number of hydrogen-bond acceptors (Lipinski definition) is 8. The van der Waals surface area contributed by atoms with Crippen molar-refractivity contribution in [1.29, 1.82) is 5.26 Å². The number of hydrogen-bond donors (Lipinski definition) is 3. The molecule has 1 saturated heterocycles. The monoisotopic (exact) mass is 357 g/mol. The Kier molecular flexibility index (Phi) is 4.35. The molecule has 0 bridgehead atoms. The first-order valence-corrected chi connectivity index (χ1v) is 8.01. The van der Waals surface area contributed by atoms with Gasteiger partial charge in [0.1, 0.15) is 11.9 Å². The van der Waals surface area contributed by atoms with Crippen LogP contribution in [0.25, 0.3) is 0 Å².